The average Bonchev–Trinajstić information content (AvgIpc) is 2.36. The van der Waals surface area contributed by atoms with Crippen LogP contribution in [0, 0.1) is 0 Å². The molecule has 0 aliphatic heterocycles. The lowest BCUT2D eigenvalue weighted by atomic mass is 10.3. The third-order valence-electron chi connectivity index (χ3n) is 2.36. The van der Waals surface area contributed by atoms with Crippen molar-refractivity contribution < 1.29 is 4.79 Å². The van der Waals surface area contributed by atoms with E-state index in [0.717, 1.165) is 0 Å². The second-order valence-corrected chi connectivity index (χ2v) is 4.59. The predicted octanol–water partition coefficient (Wildman–Crippen LogP) is 2.81. The van der Waals surface area contributed by atoms with Gasteiger partial charge in [0.2, 0.25) is 0 Å². The van der Waals surface area contributed by atoms with Gasteiger partial charge in [-0.05, 0) is 30.3 Å². The van der Waals surface area contributed by atoms with Gasteiger partial charge < -0.3 is 16.8 Å². The Morgan fingerprint density at radius 3 is 2.63 bits per heavy atom. The summed E-state index contributed by atoms with van der Waals surface area (Å²) in [6, 6.07) is 7.91. The fraction of sp³-hybridized carbons (Fsp3) is 0. The Hall–Kier alpha value is -1.98. The van der Waals surface area contributed by atoms with Gasteiger partial charge in [-0.2, -0.15) is 0 Å². The Morgan fingerprint density at radius 1 is 1.21 bits per heavy atom. The Balaban J connectivity index is 2.40. The summed E-state index contributed by atoms with van der Waals surface area (Å²) < 4.78 is 0. The van der Waals surface area contributed by atoms with Gasteiger partial charge in [0.05, 0.1) is 16.4 Å². The van der Waals surface area contributed by atoms with Crippen molar-refractivity contribution in [3.63, 3.8) is 0 Å². The summed E-state index contributed by atoms with van der Waals surface area (Å²) in [6.45, 7) is 0. The van der Waals surface area contributed by atoms with E-state index in [9.17, 15) is 4.79 Å². The maximum absolute atomic E-state index is 11.1. The highest BCUT2D eigenvalue weighted by molar-refractivity contribution is 6.35. The minimum atomic E-state index is -0.639. The molecule has 0 spiro atoms. The maximum Gasteiger partial charge on any atom is 0.267 e. The van der Waals surface area contributed by atoms with Crippen molar-refractivity contribution in [2.75, 3.05) is 11.1 Å². The van der Waals surface area contributed by atoms with Crippen molar-refractivity contribution in [2.45, 2.75) is 0 Å². The molecule has 0 fully saturated rings. The number of primary amides is 1. The van der Waals surface area contributed by atoms with Crippen LogP contribution in [0.1, 0.15) is 10.5 Å². The number of aromatic nitrogens is 1. The highest BCUT2D eigenvalue weighted by Gasteiger charge is 2.09. The zero-order chi connectivity index (χ0) is 14.0. The molecule has 0 saturated heterocycles. The fourth-order valence-corrected chi connectivity index (χ4v) is 1.77. The first-order chi connectivity index (χ1) is 8.97. The molecule has 1 aromatic carbocycles. The van der Waals surface area contributed by atoms with Crippen LogP contribution in [0.2, 0.25) is 10.0 Å². The standard InChI is InChI=1S/C12H10Cl2N4O/c13-6-1-2-7(14)10(5-6)18-12-8(15)3-4-9(17-12)11(16)19/h1-5H,15H2,(H2,16,19)(H,17,18). The number of nitrogens with zero attached hydrogens (tertiary/aromatic N) is 1. The summed E-state index contributed by atoms with van der Waals surface area (Å²) >= 11 is 11.9. The first-order valence-electron chi connectivity index (χ1n) is 5.26. The average molecular weight is 297 g/mol. The zero-order valence-corrected chi connectivity index (χ0v) is 11.2. The van der Waals surface area contributed by atoms with Gasteiger partial charge in [-0.3, -0.25) is 4.79 Å². The Bertz CT molecular complexity index is 646. The summed E-state index contributed by atoms with van der Waals surface area (Å²) in [5.41, 5.74) is 11.9. The molecule has 0 aliphatic carbocycles. The monoisotopic (exact) mass is 296 g/mol. The summed E-state index contributed by atoms with van der Waals surface area (Å²) in [6.07, 6.45) is 0. The number of pyridine rings is 1. The summed E-state index contributed by atoms with van der Waals surface area (Å²) in [4.78, 5) is 15.1. The molecule has 5 N–H and O–H groups in total. The van der Waals surface area contributed by atoms with Crippen LogP contribution in [0.5, 0.6) is 0 Å². The maximum atomic E-state index is 11.1. The quantitative estimate of drug-likeness (QED) is 0.812. The lowest BCUT2D eigenvalue weighted by Crippen LogP contribution is -2.14. The third-order valence-corrected chi connectivity index (χ3v) is 2.93. The molecule has 5 nitrogen and oxygen atoms in total. The SMILES string of the molecule is NC(=O)c1ccc(N)c(Nc2cc(Cl)ccc2Cl)n1. The van der Waals surface area contributed by atoms with E-state index in [0.29, 0.717) is 27.2 Å². The first kappa shape index (κ1) is 13.5. The number of nitrogens with two attached hydrogens (primary N) is 2. The van der Waals surface area contributed by atoms with Gasteiger partial charge >= 0.3 is 0 Å². The van der Waals surface area contributed by atoms with Crippen molar-refractivity contribution in [3.05, 3.63) is 46.1 Å². The second-order valence-electron chi connectivity index (χ2n) is 3.75. The lowest BCUT2D eigenvalue weighted by molar-refractivity contribution is 0.0996. The first-order valence-corrected chi connectivity index (χ1v) is 6.01. The topological polar surface area (TPSA) is 94.0 Å². The fourth-order valence-electron chi connectivity index (χ4n) is 1.43. The van der Waals surface area contributed by atoms with E-state index in [4.69, 9.17) is 34.7 Å². The van der Waals surface area contributed by atoms with Crippen LogP contribution >= 0.6 is 23.2 Å². The Morgan fingerprint density at radius 2 is 1.95 bits per heavy atom. The van der Waals surface area contributed by atoms with E-state index >= 15 is 0 Å². The van der Waals surface area contributed by atoms with Gasteiger partial charge in [0, 0.05) is 5.02 Å². The van der Waals surface area contributed by atoms with Gasteiger partial charge in [0.15, 0.2) is 5.82 Å². The van der Waals surface area contributed by atoms with Gasteiger partial charge in [0.25, 0.3) is 5.91 Å². The molecule has 0 aliphatic rings. The normalized spacial score (nSPS) is 10.2. The number of halogens is 2. The molecule has 19 heavy (non-hydrogen) atoms. The van der Waals surface area contributed by atoms with Crippen LogP contribution in [0.4, 0.5) is 17.2 Å². The largest absolute Gasteiger partial charge is 0.396 e. The predicted molar refractivity (Wildman–Crippen MR) is 76.9 cm³/mol. The number of carbonyl (C=O) groups is 1. The second kappa shape index (κ2) is 5.34. The molecule has 0 saturated carbocycles. The molecule has 0 bridgehead atoms. The van der Waals surface area contributed by atoms with Crippen LogP contribution in [0.25, 0.3) is 0 Å². The third kappa shape index (κ3) is 3.07. The van der Waals surface area contributed by atoms with Gasteiger partial charge in [-0.1, -0.05) is 23.2 Å². The van der Waals surface area contributed by atoms with Crippen LogP contribution in [0.15, 0.2) is 30.3 Å². The minimum absolute atomic E-state index is 0.106. The lowest BCUT2D eigenvalue weighted by Gasteiger charge is -2.11. The Kier molecular flexibility index (Phi) is 3.78. The summed E-state index contributed by atoms with van der Waals surface area (Å²) in [7, 11) is 0. The molecule has 0 radical (unpaired) electrons. The molecule has 1 amide bonds. The molecule has 2 aromatic rings. The smallest absolute Gasteiger partial charge is 0.267 e. The van der Waals surface area contributed by atoms with Crippen molar-refractivity contribution >= 4 is 46.3 Å². The van der Waals surface area contributed by atoms with Gasteiger partial charge in [-0.25, -0.2) is 4.98 Å². The van der Waals surface area contributed by atoms with Gasteiger partial charge in [-0.15, -0.1) is 0 Å². The van der Waals surface area contributed by atoms with E-state index in [2.05, 4.69) is 10.3 Å². The van der Waals surface area contributed by atoms with E-state index < -0.39 is 5.91 Å². The number of benzene rings is 1. The number of rotatable bonds is 3. The molecule has 1 heterocycles. The van der Waals surface area contributed by atoms with Crippen molar-refractivity contribution in [2.24, 2.45) is 5.73 Å². The summed E-state index contributed by atoms with van der Waals surface area (Å²) in [5.74, 6) is -0.347. The number of amides is 1. The molecule has 1 aromatic heterocycles. The van der Waals surface area contributed by atoms with Crippen LogP contribution in [0.3, 0.4) is 0 Å². The molecule has 0 unspecified atom stereocenters. The molecule has 0 atom stereocenters. The molecule has 98 valence electrons. The van der Waals surface area contributed by atoms with Crippen LogP contribution < -0.4 is 16.8 Å². The highest BCUT2D eigenvalue weighted by atomic mass is 35.5. The van der Waals surface area contributed by atoms with Crippen LogP contribution in [-0.4, -0.2) is 10.9 Å². The number of nitrogen functional groups attached to an aromatic ring is 1. The molecular formula is C12H10Cl2N4O. The van der Waals surface area contributed by atoms with Crippen molar-refractivity contribution in [3.8, 4) is 0 Å². The number of nitrogens with one attached hydrogen (secondary N) is 1. The molecule has 2 rings (SSSR count). The van der Waals surface area contributed by atoms with E-state index in [1.165, 1.54) is 12.1 Å². The van der Waals surface area contributed by atoms with Crippen LogP contribution in [-0.2, 0) is 0 Å². The van der Waals surface area contributed by atoms with E-state index in [-0.39, 0.29) is 5.69 Å². The van der Waals surface area contributed by atoms with Gasteiger partial charge in [0.1, 0.15) is 5.69 Å². The molecule has 7 heteroatoms. The number of hydrogen-bond donors (Lipinski definition) is 3. The number of hydrogen-bond acceptors (Lipinski definition) is 4. The Labute approximate surface area is 119 Å². The summed E-state index contributed by atoms with van der Waals surface area (Å²) in [5, 5.41) is 3.88. The highest BCUT2D eigenvalue weighted by Crippen LogP contribution is 2.29. The minimum Gasteiger partial charge on any atom is -0.396 e. The van der Waals surface area contributed by atoms with Crippen molar-refractivity contribution in [1.29, 1.82) is 0 Å². The zero-order valence-electron chi connectivity index (χ0n) is 9.65. The van der Waals surface area contributed by atoms with Crippen molar-refractivity contribution in [1.82, 2.24) is 4.98 Å². The number of anilines is 3. The van der Waals surface area contributed by atoms with E-state index in [1.54, 1.807) is 18.2 Å². The molecular weight excluding hydrogens is 287 g/mol. The number of carbonyl (C=O) groups excluding carboxylic acids is 1. The van der Waals surface area contributed by atoms with E-state index in [1.807, 2.05) is 0 Å².